The Balaban J connectivity index is 1.83. The summed E-state index contributed by atoms with van der Waals surface area (Å²) in [5, 5.41) is 5.74. The molecule has 190 valence electrons. The number of imidazole rings is 1. The fourth-order valence-electron chi connectivity index (χ4n) is 3.97. The van der Waals surface area contributed by atoms with Gasteiger partial charge in [-0.2, -0.15) is 0 Å². The molecule has 0 fully saturated rings. The monoisotopic (exact) mass is 485 g/mol. The van der Waals surface area contributed by atoms with Crippen LogP contribution < -0.4 is 15.4 Å². The van der Waals surface area contributed by atoms with E-state index in [1.807, 2.05) is 48.9 Å². The fourth-order valence-corrected chi connectivity index (χ4v) is 3.97. The smallest absolute Gasteiger partial charge is 0.249 e. The minimum absolute atomic E-state index is 0.126. The topological polar surface area (TPSA) is 115 Å². The molecule has 1 aromatic heterocycles. The number of benzene rings is 1. The van der Waals surface area contributed by atoms with Crippen LogP contribution >= 0.6 is 0 Å². The largest absolute Gasteiger partial charge is 0.494 e. The van der Waals surface area contributed by atoms with E-state index in [-0.39, 0.29) is 36.8 Å². The van der Waals surface area contributed by atoms with Gasteiger partial charge in [-0.05, 0) is 30.9 Å². The lowest BCUT2D eigenvalue weighted by molar-refractivity contribution is -0.139. The van der Waals surface area contributed by atoms with Crippen molar-refractivity contribution in [3.8, 4) is 17.1 Å². The van der Waals surface area contributed by atoms with Crippen molar-refractivity contribution in [2.24, 2.45) is 5.92 Å². The summed E-state index contributed by atoms with van der Waals surface area (Å²) >= 11 is 0. The molecule has 0 unspecified atom stereocenters. The van der Waals surface area contributed by atoms with E-state index in [9.17, 15) is 14.4 Å². The van der Waals surface area contributed by atoms with Crippen LogP contribution in [0.3, 0.4) is 0 Å². The first-order valence-electron chi connectivity index (χ1n) is 12.0. The average Bonchev–Trinajstić information content (AvgIpc) is 3.28. The van der Waals surface area contributed by atoms with Gasteiger partial charge in [0.05, 0.1) is 13.2 Å². The van der Waals surface area contributed by atoms with Crippen LogP contribution in [0, 0.1) is 5.92 Å². The van der Waals surface area contributed by atoms with E-state index >= 15 is 0 Å². The zero-order chi connectivity index (χ0) is 25.2. The SMILES string of the molecule is COCC(=O)N1CCCOc2cccc(c2)-c2nccn2CCNC(=O)[C@@H](CC(C)C)NC(=O)C1. The molecule has 2 N–H and O–H groups in total. The molecule has 35 heavy (non-hydrogen) atoms. The van der Waals surface area contributed by atoms with Crippen LogP contribution in [0.5, 0.6) is 5.75 Å². The number of rotatable bonds is 4. The third-order valence-electron chi connectivity index (χ3n) is 5.61. The van der Waals surface area contributed by atoms with Gasteiger partial charge >= 0.3 is 0 Å². The predicted octanol–water partition coefficient (Wildman–Crippen LogP) is 1.45. The molecule has 0 spiro atoms. The van der Waals surface area contributed by atoms with E-state index in [2.05, 4.69) is 15.6 Å². The molecule has 1 aromatic carbocycles. The molecule has 0 radical (unpaired) electrons. The Hall–Kier alpha value is -3.40. The van der Waals surface area contributed by atoms with Crippen molar-refractivity contribution in [1.29, 1.82) is 0 Å². The second-order valence-electron chi connectivity index (χ2n) is 8.96. The zero-order valence-electron chi connectivity index (χ0n) is 20.7. The van der Waals surface area contributed by atoms with Gasteiger partial charge in [0, 0.05) is 44.7 Å². The number of carbonyl (C=O) groups excluding carboxylic acids is 3. The molecule has 10 nitrogen and oxygen atoms in total. The number of aromatic nitrogens is 2. The number of fused-ring (bicyclic) bond motifs is 4. The molecule has 0 aliphatic carbocycles. The van der Waals surface area contributed by atoms with E-state index < -0.39 is 6.04 Å². The van der Waals surface area contributed by atoms with Crippen molar-refractivity contribution >= 4 is 17.7 Å². The van der Waals surface area contributed by atoms with Gasteiger partial charge in [0.15, 0.2) is 0 Å². The van der Waals surface area contributed by atoms with Crippen LogP contribution in [0.2, 0.25) is 0 Å². The minimum Gasteiger partial charge on any atom is -0.494 e. The molecular formula is C25H35N5O5. The van der Waals surface area contributed by atoms with Crippen LogP contribution in [0.25, 0.3) is 11.4 Å². The Morgan fingerprint density at radius 1 is 1.29 bits per heavy atom. The summed E-state index contributed by atoms with van der Waals surface area (Å²) in [5.41, 5.74) is 0.904. The maximum atomic E-state index is 12.9. The summed E-state index contributed by atoms with van der Waals surface area (Å²) in [6.07, 6.45) is 4.60. The lowest BCUT2D eigenvalue weighted by Crippen LogP contribution is -2.51. The molecule has 2 aromatic rings. The maximum absolute atomic E-state index is 12.9. The molecule has 1 aliphatic rings. The van der Waals surface area contributed by atoms with Crippen LogP contribution in [0.15, 0.2) is 36.7 Å². The van der Waals surface area contributed by atoms with Crippen LogP contribution in [-0.4, -0.2) is 78.2 Å². The average molecular weight is 486 g/mol. The number of nitrogens with zero attached hydrogens (tertiary/aromatic N) is 3. The molecule has 1 aliphatic heterocycles. The van der Waals surface area contributed by atoms with Gasteiger partial charge in [-0.1, -0.05) is 26.0 Å². The Labute approximate surface area is 206 Å². The van der Waals surface area contributed by atoms with Crippen LogP contribution in [0.1, 0.15) is 26.7 Å². The number of amides is 3. The Morgan fingerprint density at radius 3 is 2.89 bits per heavy atom. The lowest BCUT2D eigenvalue weighted by Gasteiger charge is -2.25. The number of nitrogens with one attached hydrogen (secondary N) is 2. The third kappa shape index (κ3) is 7.81. The quantitative estimate of drug-likeness (QED) is 0.678. The molecule has 10 heteroatoms. The highest BCUT2D eigenvalue weighted by atomic mass is 16.5. The summed E-state index contributed by atoms with van der Waals surface area (Å²) in [6.45, 7) is 5.29. The van der Waals surface area contributed by atoms with E-state index in [0.29, 0.717) is 44.8 Å². The van der Waals surface area contributed by atoms with E-state index in [1.54, 1.807) is 6.20 Å². The number of carbonyl (C=O) groups is 3. The minimum atomic E-state index is -0.692. The second kappa shape index (κ2) is 12.9. The van der Waals surface area contributed by atoms with Crippen molar-refractivity contribution in [3.63, 3.8) is 0 Å². The summed E-state index contributed by atoms with van der Waals surface area (Å²) < 4.78 is 12.9. The first-order valence-corrected chi connectivity index (χ1v) is 12.0. The second-order valence-corrected chi connectivity index (χ2v) is 8.96. The van der Waals surface area contributed by atoms with Crippen LogP contribution in [-0.2, 0) is 25.7 Å². The van der Waals surface area contributed by atoms with Crippen molar-refractivity contribution < 1.29 is 23.9 Å². The Bertz CT molecular complexity index is 1010. The zero-order valence-corrected chi connectivity index (χ0v) is 20.7. The molecule has 0 saturated heterocycles. The summed E-state index contributed by atoms with van der Waals surface area (Å²) in [4.78, 5) is 44.2. The fraction of sp³-hybridized carbons (Fsp3) is 0.520. The highest BCUT2D eigenvalue weighted by molar-refractivity contribution is 5.90. The van der Waals surface area contributed by atoms with E-state index in [0.717, 1.165) is 11.4 Å². The highest BCUT2D eigenvalue weighted by Crippen LogP contribution is 2.23. The number of ether oxygens (including phenoxy) is 2. The molecule has 0 saturated carbocycles. The van der Waals surface area contributed by atoms with Crippen molar-refractivity contribution in [2.75, 3.05) is 40.0 Å². The van der Waals surface area contributed by atoms with E-state index in [4.69, 9.17) is 9.47 Å². The van der Waals surface area contributed by atoms with Gasteiger partial charge in [-0.15, -0.1) is 0 Å². The predicted molar refractivity (Wildman–Crippen MR) is 131 cm³/mol. The molecule has 2 bridgehead atoms. The van der Waals surface area contributed by atoms with Crippen molar-refractivity contribution in [1.82, 2.24) is 25.1 Å². The molecular weight excluding hydrogens is 450 g/mol. The molecule has 1 atom stereocenters. The van der Waals surface area contributed by atoms with Gasteiger partial charge in [0.2, 0.25) is 17.7 Å². The van der Waals surface area contributed by atoms with Gasteiger partial charge in [-0.3, -0.25) is 14.4 Å². The molecule has 3 rings (SSSR count). The third-order valence-corrected chi connectivity index (χ3v) is 5.61. The summed E-state index contributed by atoms with van der Waals surface area (Å²) in [7, 11) is 1.44. The highest BCUT2D eigenvalue weighted by Gasteiger charge is 2.24. The lowest BCUT2D eigenvalue weighted by atomic mass is 10.0. The Morgan fingerprint density at radius 2 is 2.11 bits per heavy atom. The number of hydrogen-bond acceptors (Lipinski definition) is 6. The van der Waals surface area contributed by atoms with Crippen molar-refractivity contribution in [2.45, 2.75) is 39.3 Å². The molecule has 3 amide bonds. The van der Waals surface area contributed by atoms with Crippen molar-refractivity contribution in [3.05, 3.63) is 36.7 Å². The van der Waals surface area contributed by atoms with Gasteiger partial charge in [-0.25, -0.2) is 4.98 Å². The number of methoxy groups -OCH3 is 1. The maximum Gasteiger partial charge on any atom is 0.249 e. The normalized spacial score (nSPS) is 18.1. The Kier molecular flexibility index (Phi) is 9.66. The number of hydrogen-bond donors (Lipinski definition) is 2. The van der Waals surface area contributed by atoms with E-state index in [1.165, 1.54) is 12.0 Å². The summed E-state index contributed by atoms with van der Waals surface area (Å²) in [5.74, 6) is 0.724. The summed E-state index contributed by atoms with van der Waals surface area (Å²) in [6, 6.07) is 6.95. The first kappa shape index (κ1) is 26.2. The van der Waals surface area contributed by atoms with Crippen LogP contribution in [0.4, 0.5) is 0 Å². The first-order chi connectivity index (χ1) is 16.9. The standard InChI is InChI=1S/C25H35N5O5/c1-18(2)14-21-25(33)27-9-12-29-11-8-26-24(29)19-6-4-7-20(15-19)35-13-5-10-30(16-22(31)28-21)23(32)17-34-3/h4,6-8,11,15,18,21H,5,9-10,12-14,16-17H2,1-3H3,(H,27,33)(H,28,31)/t21-/m1/s1. The molecule has 2 heterocycles. The van der Waals surface area contributed by atoms with Gasteiger partial charge in [0.1, 0.15) is 24.2 Å². The van der Waals surface area contributed by atoms with Gasteiger partial charge < -0.3 is 29.6 Å². The van der Waals surface area contributed by atoms with Gasteiger partial charge in [0.25, 0.3) is 0 Å².